The molecule has 0 unspecified atom stereocenters. The van der Waals surface area contributed by atoms with E-state index in [0.717, 1.165) is 21.9 Å². The number of hydrogen-bond acceptors (Lipinski definition) is 3. The van der Waals surface area contributed by atoms with Crippen molar-refractivity contribution in [1.82, 2.24) is 0 Å². The number of rotatable bonds is 7. The molecule has 1 amide bonds. The predicted molar refractivity (Wildman–Crippen MR) is 126 cm³/mol. The molecule has 0 bridgehead atoms. The largest absolute Gasteiger partial charge is 0.325 e. The standard InChI is InChI=1S/C24H25ClN2O3S/c1-4-19-8-11-21(12-9-19)26-24(28)16-27(23-15-20(25)10-7-18(23)3)31(29,30)22-13-5-17(2)6-14-22/h5-15H,4,16H2,1-3H3,(H,26,28). The summed E-state index contributed by atoms with van der Waals surface area (Å²) in [5.74, 6) is -0.445. The highest BCUT2D eigenvalue weighted by Gasteiger charge is 2.28. The molecule has 3 aromatic rings. The normalized spacial score (nSPS) is 11.2. The number of hydrogen-bond donors (Lipinski definition) is 1. The molecule has 5 nitrogen and oxygen atoms in total. The van der Waals surface area contributed by atoms with Crippen LogP contribution in [0.15, 0.2) is 71.6 Å². The number of sulfonamides is 1. The van der Waals surface area contributed by atoms with Gasteiger partial charge in [0.2, 0.25) is 5.91 Å². The van der Waals surface area contributed by atoms with Crippen molar-refractivity contribution in [1.29, 1.82) is 0 Å². The van der Waals surface area contributed by atoms with Crippen molar-refractivity contribution in [3.8, 4) is 0 Å². The average molecular weight is 457 g/mol. The van der Waals surface area contributed by atoms with Crippen LogP contribution in [-0.4, -0.2) is 20.9 Å². The molecule has 0 radical (unpaired) electrons. The van der Waals surface area contributed by atoms with Gasteiger partial charge in [0.15, 0.2) is 0 Å². The Morgan fingerprint density at radius 2 is 1.61 bits per heavy atom. The van der Waals surface area contributed by atoms with E-state index in [4.69, 9.17) is 11.6 Å². The van der Waals surface area contributed by atoms with Gasteiger partial charge in [-0.05, 0) is 67.8 Å². The Bertz CT molecular complexity index is 1170. The van der Waals surface area contributed by atoms with E-state index in [2.05, 4.69) is 12.2 Å². The highest BCUT2D eigenvalue weighted by Crippen LogP contribution is 2.29. The van der Waals surface area contributed by atoms with Gasteiger partial charge in [-0.3, -0.25) is 9.10 Å². The first-order chi connectivity index (χ1) is 14.7. The first-order valence-corrected chi connectivity index (χ1v) is 11.8. The van der Waals surface area contributed by atoms with Crippen LogP contribution >= 0.6 is 11.6 Å². The molecule has 1 N–H and O–H groups in total. The Kier molecular flexibility index (Phi) is 7.03. The van der Waals surface area contributed by atoms with Crippen molar-refractivity contribution in [2.75, 3.05) is 16.2 Å². The van der Waals surface area contributed by atoms with E-state index in [9.17, 15) is 13.2 Å². The molecule has 0 aliphatic rings. The molecule has 3 aromatic carbocycles. The van der Waals surface area contributed by atoms with E-state index in [0.29, 0.717) is 22.0 Å². The van der Waals surface area contributed by atoms with Crippen LogP contribution in [0.1, 0.15) is 23.6 Å². The van der Waals surface area contributed by atoms with E-state index in [-0.39, 0.29) is 11.4 Å². The Morgan fingerprint density at radius 1 is 0.968 bits per heavy atom. The van der Waals surface area contributed by atoms with Gasteiger partial charge < -0.3 is 5.32 Å². The first-order valence-electron chi connectivity index (χ1n) is 9.95. The predicted octanol–water partition coefficient (Wildman–Crippen LogP) is 5.35. The molecule has 162 valence electrons. The van der Waals surface area contributed by atoms with Gasteiger partial charge in [-0.25, -0.2) is 8.42 Å². The topological polar surface area (TPSA) is 66.5 Å². The van der Waals surface area contributed by atoms with E-state index in [1.54, 1.807) is 61.5 Å². The maximum Gasteiger partial charge on any atom is 0.264 e. The Morgan fingerprint density at radius 3 is 2.23 bits per heavy atom. The number of halogens is 1. The molecule has 0 atom stereocenters. The van der Waals surface area contributed by atoms with Crippen LogP contribution < -0.4 is 9.62 Å². The SMILES string of the molecule is CCc1ccc(NC(=O)CN(c2cc(Cl)ccc2C)S(=O)(=O)c2ccc(C)cc2)cc1. The maximum atomic E-state index is 13.5. The Labute approximate surface area is 188 Å². The number of nitrogens with one attached hydrogen (secondary N) is 1. The summed E-state index contributed by atoms with van der Waals surface area (Å²) in [7, 11) is -3.99. The van der Waals surface area contributed by atoms with Gasteiger partial charge >= 0.3 is 0 Å². The summed E-state index contributed by atoms with van der Waals surface area (Å²) < 4.78 is 28.1. The molecule has 0 heterocycles. The zero-order valence-corrected chi connectivity index (χ0v) is 19.3. The van der Waals surface area contributed by atoms with Crippen molar-refractivity contribution in [2.45, 2.75) is 32.1 Å². The van der Waals surface area contributed by atoms with Gasteiger partial charge in [0.05, 0.1) is 10.6 Å². The molecule has 0 saturated heterocycles. The fourth-order valence-corrected chi connectivity index (χ4v) is 4.79. The second-order valence-electron chi connectivity index (χ2n) is 7.35. The number of carbonyl (C=O) groups is 1. The lowest BCUT2D eigenvalue weighted by Crippen LogP contribution is -2.38. The monoisotopic (exact) mass is 456 g/mol. The van der Waals surface area contributed by atoms with Gasteiger partial charge in [-0.1, -0.05) is 54.4 Å². The van der Waals surface area contributed by atoms with E-state index >= 15 is 0 Å². The zero-order valence-electron chi connectivity index (χ0n) is 17.7. The molecule has 3 rings (SSSR count). The average Bonchev–Trinajstić information content (AvgIpc) is 2.74. The molecular weight excluding hydrogens is 432 g/mol. The van der Waals surface area contributed by atoms with Crippen molar-refractivity contribution >= 4 is 38.9 Å². The van der Waals surface area contributed by atoms with Crippen LogP contribution in [0.5, 0.6) is 0 Å². The fraction of sp³-hybridized carbons (Fsp3) is 0.208. The first kappa shape index (κ1) is 22.8. The summed E-state index contributed by atoms with van der Waals surface area (Å²) in [5.41, 5.74) is 3.76. The lowest BCUT2D eigenvalue weighted by molar-refractivity contribution is -0.114. The number of nitrogens with zero attached hydrogens (tertiary/aromatic N) is 1. The number of anilines is 2. The molecule has 0 fully saturated rings. The van der Waals surface area contributed by atoms with E-state index < -0.39 is 15.9 Å². The Balaban J connectivity index is 1.96. The lowest BCUT2D eigenvalue weighted by atomic mass is 10.1. The molecule has 0 spiro atoms. The van der Waals surface area contributed by atoms with Crippen LogP contribution in [0.4, 0.5) is 11.4 Å². The highest BCUT2D eigenvalue weighted by molar-refractivity contribution is 7.92. The minimum Gasteiger partial charge on any atom is -0.325 e. The maximum absolute atomic E-state index is 13.5. The van der Waals surface area contributed by atoms with E-state index in [1.807, 2.05) is 19.1 Å². The van der Waals surface area contributed by atoms with Crippen LogP contribution in [-0.2, 0) is 21.2 Å². The van der Waals surface area contributed by atoms with Crippen molar-refractivity contribution in [3.63, 3.8) is 0 Å². The van der Waals surface area contributed by atoms with Gasteiger partial charge in [0, 0.05) is 10.7 Å². The molecule has 0 aromatic heterocycles. The van der Waals surface area contributed by atoms with Crippen molar-refractivity contribution in [2.24, 2.45) is 0 Å². The second-order valence-corrected chi connectivity index (χ2v) is 9.65. The number of aryl methyl sites for hydroxylation is 3. The molecular formula is C24H25ClN2O3S. The number of amides is 1. The summed E-state index contributed by atoms with van der Waals surface area (Å²) in [6, 6.07) is 19.0. The van der Waals surface area contributed by atoms with Crippen molar-refractivity contribution in [3.05, 3.63) is 88.4 Å². The third-order valence-corrected chi connectivity index (χ3v) is 6.99. The summed E-state index contributed by atoms with van der Waals surface area (Å²) in [6.45, 7) is 5.33. The summed E-state index contributed by atoms with van der Waals surface area (Å²) >= 11 is 6.15. The smallest absolute Gasteiger partial charge is 0.264 e. The minimum absolute atomic E-state index is 0.109. The molecule has 31 heavy (non-hydrogen) atoms. The third-order valence-electron chi connectivity index (χ3n) is 4.98. The number of benzene rings is 3. The van der Waals surface area contributed by atoms with Crippen LogP contribution in [0, 0.1) is 13.8 Å². The Hall–Kier alpha value is -2.83. The second kappa shape index (κ2) is 9.54. The van der Waals surface area contributed by atoms with Gasteiger partial charge in [-0.2, -0.15) is 0 Å². The van der Waals surface area contributed by atoms with Crippen LogP contribution in [0.3, 0.4) is 0 Å². The van der Waals surface area contributed by atoms with Gasteiger partial charge in [0.1, 0.15) is 6.54 Å². The number of carbonyl (C=O) groups excluding carboxylic acids is 1. The van der Waals surface area contributed by atoms with Gasteiger partial charge in [0.25, 0.3) is 10.0 Å². The fourth-order valence-electron chi connectivity index (χ4n) is 3.14. The van der Waals surface area contributed by atoms with Gasteiger partial charge in [-0.15, -0.1) is 0 Å². The van der Waals surface area contributed by atoms with Crippen LogP contribution in [0.25, 0.3) is 0 Å². The summed E-state index contributed by atoms with van der Waals surface area (Å²) in [6.07, 6.45) is 0.894. The molecule has 0 aliphatic heterocycles. The van der Waals surface area contributed by atoms with Crippen molar-refractivity contribution < 1.29 is 13.2 Å². The highest BCUT2D eigenvalue weighted by atomic mass is 35.5. The van der Waals surface area contributed by atoms with E-state index in [1.165, 1.54) is 0 Å². The zero-order chi connectivity index (χ0) is 22.6. The molecule has 0 saturated carbocycles. The van der Waals surface area contributed by atoms with Crippen LogP contribution in [0.2, 0.25) is 5.02 Å². The summed E-state index contributed by atoms with van der Waals surface area (Å²) in [5, 5.41) is 3.17. The molecule has 7 heteroatoms. The summed E-state index contributed by atoms with van der Waals surface area (Å²) in [4.78, 5) is 12.9. The lowest BCUT2D eigenvalue weighted by Gasteiger charge is -2.26. The quantitative estimate of drug-likeness (QED) is 0.520. The molecule has 0 aliphatic carbocycles. The minimum atomic E-state index is -3.99. The third kappa shape index (κ3) is 5.46.